The predicted octanol–water partition coefficient (Wildman–Crippen LogP) is 3.12. The third-order valence-electron chi connectivity index (χ3n) is 3.61. The fourth-order valence-electron chi connectivity index (χ4n) is 2.21. The van der Waals surface area contributed by atoms with Gasteiger partial charge in [-0.05, 0) is 18.1 Å². The maximum Gasteiger partial charge on any atom is 0.326 e. The van der Waals surface area contributed by atoms with Crippen molar-refractivity contribution in [2.24, 2.45) is 0 Å². The fraction of sp³-hybridized carbons (Fsp3) is 0.263. The molecule has 4 nitrogen and oxygen atoms in total. The third-order valence-corrected chi connectivity index (χ3v) is 4.82. The predicted molar refractivity (Wildman–Crippen MR) is 96.9 cm³/mol. The molecule has 0 fully saturated rings. The van der Waals surface area contributed by atoms with Crippen molar-refractivity contribution in [3.63, 3.8) is 0 Å². The van der Waals surface area contributed by atoms with Gasteiger partial charge in [-0.2, -0.15) is 0 Å². The molecule has 0 radical (unpaired) electrons. The van der Waals surface area contributed by atoms with Gasteiger partial charge in [0.25, 0.3) is 0 Å². The van der Waals surface area contributed by atoms with Gasteiger partial charge in [-0.1, -0.05) is 60.7 Å². The van der Waals surface area contributed by atoms with Gasteiger partial charge in [0.1, 0.15) is 6.04 Å². The minimum Gasteiger partial charge on any atom is -0.480 e. The smallest absolute Gasteiger partial charge is 0.326 e. The summed E-state index contributed by atoms with van der Waals surface area (Å²) >= 11 is 1.49. The highest BCUT2D eigenvalue weighted by Gasteiger charge is 2.23. The highest BCUT2D eigenvalue weighted by Crippen LogP contribution is 2.18. The molecule has 5 heteroatoms. The molecule has 0 aromatic heterocycles. The maximum absolute atomic E-state index is 12.3. The van der Waals surface area contributed by atoms with Gasteiger partial charge < -0.3 is 10.4 Å². The van der Waals surface area contributed by atoms with Gasteiger partial charge in [-0.25, -0.2) is 4.79 Å². The lowest BCUT2D eigenvalue weighted by Gasteiger charge is -2.18. The van der Waals surface area contributed by atoms with Gasteiger partial charge in [0, 0.05) is 12.2 Å². The summed E-state index contributed by atoms with van der Waals surface area (Å²) in [6.45, 7) is 1.80. The number of amides is 1. The minimum atomic E-state index is -1.02. The fourth-order valence-corrected chi connectivity index (χ4v) is 3.06. The molecule has 1 amide bonds. The molecule has 0 heterocycles. The van der Waals surface area contributed by atoms with Crippen LogP contribution in [0.1, 0.15) is 18.1 Å². The van der Waals surface area contributed by atoms with E-state index in [9.17, 15) is 14.7 Å². The molecule has 2 aromatic rings. The van der Waals surface area contributed by atoms with Gasteiger partial charge in [-0.3, -0.25) is 4.79 Å². The van der Waals surface area contributed by atoms with Crippen LogP contribution in [0.4, 0.5) is 0 Å². The normalized spacial score (nSPS) is 13.0. The lowest BCUT2D eigenvalue weighted by Crippen LogP contribution is -2.45. The number of thioether (sulfide) groups is 1. The molecule has 0 aliphatic rings. The number of rotatable bonds is 8. The van der Waals surface area contributed by atoms with Crippen LogP contribution in [0.3, 0.4) is 0 Å². The van der Waals surface area contributed by atoms with Crippen molar-refractivity contribution < 1.29 is 14.7 Å². The van der Waals surface area contributed by atoms with Crippen molar-refractivity contribution in [1.29, 1.82) is 0 Å². The second-order valence-corrected chi connectivity index (χ2v) is 6.86. The standard InChI is InChI=1S/C19H21NO3S/c1-14(24-13-16-10-6-3-7-11-16)18(21)20-17(19(22)23)12-15-8-4-2-5-9-15/h2-11,14,17H,12-13H2,1H3,(H,20,21)(H,22,23)/t14?,17-/m1/s1. The number of carboxylic acid groups (broad SMARTS) is 1. The number of aliphatic carboxylic acids is 1. The van der Waals surface area contributed by atoms with E-state index in [-0.39, 0.29) is 17.6 Å². The summed E-state index contributed by atoms with van der Waals surface area (Å²) in [7, 11) is 0. The van der Waals surface area contributed by atoms with E-state index in [1.807, 2.05) is 60.7 Å². The van der Waals surface area contributed by atoms with E-state index in [2.05, 4.69) is 5.32 Å². The zero-order valence-electron chi connectivity index (χ0n) is 13.5. The zero-order valence-corrected chi connectivity index (χ0v) is 14.3. The Labute approximate surface area is 146 Å². The summed E-state index contributed by atoms with van der Waals surface area (Å²) in [6, 6.07) is 18.3. The van der Waals surface area contributed by atoms with Gasteiger partial charge in [0.05, 0.1) is 5.25 Å². The number of carbonyl (C=O) groups excluding carboxylic acids is 1. The first-order valence-electron chi connectivity index (χ1n) is 7.79. The molecule has 126 valence electrons. The summed E-state index contributed by atoms with van der Waals surface area (Å²) in [5.74, 6) is -0.557. The Morgan fingerprint density at radius 2 is 1.54 bits per heavy atom. The molecule has 0 saturated carbocycles. The molecule has 0 saturated heterocycles. The Kier molecular flexibility index (Phi) is 6.88. The lowest BCUT2D eigenvalue weighted by atomic mass is 10.1. The monoisotopic (exact) mass is 343 g/mol. The Morgan fingerprint density at radius 3 is 2.08 bits per heavy atom. The number of carboxylic acids is 1. The summed E-state index contributed by atoms with van der Waals surface area (Å²) in [4.78, 5) is 23.7. The van der Waals surface area contributed by atoms with Crippen molar-refractivity contribution in [3.05, 3.63) is 71.8 Å². The molecule has 0 bridgehead atoms. The second-order valence-electron chi connectivity index (χ2n) is 5.53. The topological polar surface area (TPSA) is 66.4 Å². The lowest BCUT2D eigenvalue weighted by molar-refractivity contribution is -0.141. The summed E-state index contributed by atoms with van der Waals surface area (Å²) < 4.78 is 0. The van der Waals surface area contributed by atoms with Crippen molar-refractivity contribution in [2.75, 3.05) is 0 Å². The van der Waals surface area contributed by atoms with E-state index in [4.69, 9.17) is 0 Å². The van der Waals surface area contributed by atoms with E-state index < -0.39 is 12.0 Å². The molecule has 0 spiro atoms. The van der Waals surface area contributed by atoms with Crippen LogP contribution in [0.5, 0.6) is 0 Å². The summed E-state index contributed by atoms with van der Waals surface area (Å²) in [6.07, 6.45) is 0.276. The molecule has 24 heavy (non-hydrogen) atoms. The first-order chi connectivity index (χ1) is 11.6. The molecule has 2 rings (SSSR count). The van der Waals surface area contributed by atoms with E-state index in [0.29, 0.717) is 5.75 Å². The van der Waals surface area contributed by atoms with Crippen LogP contribution in [0, 0.1) is 0 Å². The van der Waals surface area contributed by atoms with Crippen LogP contribution in [-0.2, 0) is 21.8 Å². The third kappa shape index (κ3) is 5.74. The van der Waals surface area contributed by atoms with Crippen LogP contribution in [0.2, 0.25) is 0 Å². The average Bonchev–Trinajstić information content (AvgIpc) is 2.60. The van der Waals surface area contributed by atoms with Crippen molar-refractivity contribution in [1.82, 2.24) is 5.32 Å². The highest BCUT2D eigenvalue weighted by atomic mass is 32.2. The Bertz CT molecular complexity index is 661. The average molecular weight is 343 g/mol. The van der Waals surface area contributed by atoms with Crippen molar-refractivity contribution in [3.8, 4) is 0 Å². The van der Waals surface area contributed by atoms with E-state index >= 15 is 0 Å². The molecule has 0 aliphatic heterocycles. The van der Waals surface area contributed by atoms with E-state index in [1.54, 1.807) is 6.92 Å². The maximum atomic E-state index is 12.3. The van der Waals surface area contributed by atoms with Crippen molar-refractivity contribution in [2.45, 2.75) is 30.4 Å². The summed E-state index contributed by atoms with van der Waals surface area (Å²) in [5.41, 5.74) is 2.02. The Hall–Kier alpha value is -2.27. The van der Waals surface area contributed by atoms with Crippen LogP contribution in [0.15, 0.2) is 60.7 Å². The highest BCUT2D eigenvalue weighted by molar-refractivity contribution is 7.99. The molecule has 1 unspecified atom stereocenters. The van der Waals surface area contributed by atoms with Crippen LogP contribution in [0.25, 0.3) is 0 Å². The summed E-state index contributed by atoms with van der Waals surface area (Å²) in [5, 5.41) is 11.7. The number of nitrogens with one attached hydrogen (secondary N) is 1. The van der Waals surface area contributed by atoms with Crippen LogP contribution >= 0.6 is 11.8 Å². The van der Waals surface area contributed by atoms with Gasteiger partial charge in [0.2, 0.25) is 5.91 Å². The zero-order chi connectivity index (χ0) is 17.4. The number of benzene rings is 2. The second kappa shape index (κ2) is 9.13. The van der Waals surface area contributed by atoms with Crippen molar-refractivity contribution >= 4 is 23.6 Å². The SMILES string of the molecule is CC(SCc1ccccc1)C(=O)N[C@H](Cc1ccccc1)C(=O)O. The van der Waals surface area contributed by atoms with Gasteiger partial charge in [-0.15, -0.1) is 11.8 Å². The minimum absolute atomic E-state index is 0.251. The largest absolute Gasteiger partial charge is 0.480 e. The molecule has 2 N–H and O–H groups in total. The van der Waals surface area contributed by atoms with E-state index in [0.717, 1.165) is 11.1 Å². The first-order valence-corrected chi connectivity index (χ1v) is 8.84. The molecule has 2 aromatic carbocycles. The Morgan fingerprint density at radius 1 is 1.00 bits per heavy atom. The van der Waals surface area contributed by atoms with Gasteiger partial charge in [0.15, 0.2) is 0 Å². The quantitative estimate of drug-likeness (QED) is 0.773. The Balaban J connectivity index is 1.88. The molecule has 0 aliphatic carbocycles. The first kappa shape index (κ1) is 18.1. The van der Waals surface area contributed by atoms with Gasteiger partial charge >= 0.3 is 5.97 Å². The van der Waals surface area contributed by atoms with E-state index in [1.165, 1.54) is 11.8 Å². The molecular weight excluding hydrogens is 322 g/mol. The van der Waals surface area contributed by atoms with Crippen LogP contribution in [-0.4, -0.2) is 28.3 Å². The number of hydrogen-bond acceptors (Lipinski definition) is 3. The number of carbonyl (C=O) groups is 2. The molecule has 2 atom stereocenters. The number of hydrogen-bond donors (Lipinski definition) is 2. The molecular formula is C19H21NO3S. The van der Waals surface area contributed by atoms with Crippen LogP contribution < -0.4 is 5.32 Å².